The molecule has 0 spiro atoms. The van der Waals surface area contributed by atoms with Crippen molar-refractivity contribution >= 4 is 23.6 Å². The van der Waals surface area contributed by atoms with E-state index in [1.54, 1.807) is 24.8 Å². The number of ether oxygens (including phenoxy) is 1. The standard InChI is InChI=1S/C23H33NO4S/c1-2-28-22(26)19-10-6-8-18(16-19)9-7-11-21-24(20(25)17-29-21)15-14-23(27)12-4-3-5-13-23/h6,8,10,16,21,27H,2-5,7,9,11-15,17H2,1H3. The Morgan fingerprint density at radius 2 is 2.10 bits per heavy atom. The molecule has 0 aromatic heterocycles. The normalized spacial score (nSPS) is 21.4. The van der Waals surface area contributed by atoms with Gasteiger partial charge in [0, 0.05) is 6.54 Å². The lowest BCUT2D eigenvalue weighted by Crippen LogP contribution is -2.40. The van der Waals surface area contributed by atoms with Gasteiger partial charge in [0.1, 0.15) is 0 Å². The average molecular weight is 420 g/mol. The maximum atomic E-state index is 12.3. The van der Waals surface area contributed by atoms with Crippen LogP contribution < -0.4 is 0 Å². The molecule has 1 unspecified atom stereocenters. The molecule has 1 saturated carbocycles. The van der Waals surface area contributed by atoms with Crippen molar-refractivity contribution in [1.82, 2.24) is 4.90 Å². The number of nitrogens with zero attached hydrogens (tertiary/aromatic N) is 1. The summed E-state index contributed by atoms with van der Waals surface area (Å²) in [7, 11) is 0. The zero-order chi connectivity index (χ0) is 20.7. The summed E-state index contributed by atoms with van der Waals surface area (Å²) in [5.74, 6) is 0.461. The highest BCUT2D eigenvalue weighted by Crippen LogP contribution is 2.34. The first kappa shape index (κ1) is 22.2. The van der Waals surface area contributed by atoms with Crippen LogP contribution in [0.3, 0.4) is 0 Å². The number of hydrogen-bond donors (Lipinski definition) is 1. The molecule has 3 rings (SSSR count). The SMILES string of the molecule is CCOC(=O)c1cccc(CCCC2SCC(=O)N2CCC2(O)CCCCC2)c1. The Kier molecular flexibility index (Phi) is 8.01. The fourth-order valence-corrected chi connectivity index (χ4v) is 5.58. The summed E-state index contributed by atoms with van der Waals surface area (Å²) < 4.78 is 5.07. The van der Waals surface area contributed by atoms with Crippen molar-refractivity contribution in [1.29, 1.82) is 0 Å². The third-order valence-corrected chi connectivity index (χ3v) is 7.31. The van der Waals surface area contributed by atoms with Crippen LogP contribution in [-0.4, -0.2) is 51.8 Å². The van der Waals surface area contributed by atoms with Gasteiger partial charge in [0.2, 0.25) is 5.91 Å². The molecule has 1 atom stereocenters. The maximum Gasteiger partial charge on any atom is 0.338 e. The molecule has 1 aromatic rings. The smallest absolute Gasteiger partial charge is 0.338 e. The van der Waals surface area contributed by atoms with Gasteiger partial charge in [-0.15, -0.1) is 11.8 Å². The zero-order valence-electron chi connectivity index (χ0n) is 17.4. The van der Waals surface area contributed by atoms with Gasteiger partial charge in [0.05, 0.1) is 28.9 Å². The van der Waals surface area contributed by atoms with Crippen LogP contribution in [0.4, 0.5) is 0 Å². The quantitative estimate of drug-likeness (QED) is 0.609. The third-order valence-electron chi connectivity index (χ3n) is 6.02. The Balaban J connectivity index is 1.48. The molecule has 2 fully saturated rings. The van der Waals surface area contributed by atoms with Crippen LogP contribution in [-0.2, 0) is 16.0 Å². The predicted octanol–water partition coefficient (Wildman–Crippen LogP) is 4.17. The highest BCUT2D eigenvalue weighted by molar-refractivity contribution is 8.00. The molecule has 1 heterocycles. The minimum absolute atomic E-state index is 0.197. The molecule has 1 saturated heterocycles. The van der Waals surface area contributed by atoms with E-state index in [0.29, 0.717) is 30.9 Å². The molecular formula is C23H33NO4S. The molecular weight excluding hydrogens is 386 g/mol. The van der Waals surface area contributed by atoms with Gasteiger partial charge in [-0.1, -0.05) is 31.4 Å². The average Bonchev–Trinajstić information content (AvgIpc) is 3.07. The largest absolute Gasteiger partial charge is 0.462 e. The van der Waals surface area contributed by atoms with Crippen molar-refractivity contribution in [3.63, 3.8) is 0 Å². The number of aliphatic hydroxyl groups is 1. The van der Waals surface area contributed by atoms with E-state index in [1.165, 1.54) is 6.42 Å². The van der Waals surface area contributed by atoms with Crippen LogP contribution in [0, 0.1) is 0 Å². The van der Waals surface area contributed by atoms with E-state index in [9.17, 15) is 14.7 Å². The molecule has 2 aliphatic rings. The lowest BCUT2D eigenvalue weighted by molar-refractivity contribution is -0.129. The fraction of sp³-hybridized carbons (Fsp3) is 0.652. The van der Waals surface area contributed by atoms with Gasteiger partial charge in [-0.3, -0.25) is 4.79 Å². The number of thioether (sulfide) groups is 1. The number of aryl methyl sites for hydroxylation is 1. The van der Waals surface area contributed by atoms with Gasteiger partial charge in [0.25, 0.3) is 0 Å². The first-order chi connectivity index (χ1) is 14.0. The molecule has 1 aromatic carbocycles. The van der Waals surface area contributed by atoms with E-state index in [2.05, 4.69) is 0 Å². The molecule has 1 amide bonds. The van der Waals surface area contributed by atoms with E-state index in [-0.39, 0.29) is 17.3 Å². The number of benzene rings is 1. The Morgan fingerprint density at radius 1 is 1.31 bits per heavy atom. The van der Waals surface area contributed by atoms with Gasteiger partial charge in [-0.2, -0.15) is 0 Å². The minimum Gasteiger partial charge on any atom is -0.462 e. The molecule has 6 heteroatoms. The molecule has 0 radical (unpaired) electrons. The topological polar surface area (TPSA) is 66.8 Å². The zero-order valence-corrected chi connectivity index (χ0v) is 18.2. The Labute approximate surface area is 178 Å². The van der Waals surface area contributed by atoms with Gasteiger partial charge >= 0.3 is 5.97 Å². The van der Waals surface area contributed by atoms with Gasteiger partial charge in [-0.25, -0.2) is 4.79 Å². The Morgan fingerprint density at radius 3 is 2.86 bits per heavy atom. The van der Waals surface area contributed by atoms with Crippen molar-refractivity contribution < 1.29 is 19.4 Å². The number of rotatable bonds is 9. The molecule has 1 N–H and O–H groups in total. The molecule has 29 heavy (non-hydrogen) atoms. The fourth-order valence-electron chi connectivity index (χ4n) is 4.35. The van der Waals surface area contributed by atoms with Crippen molar-refractivity contribution in [3.8, 4) is 0 Å². The lowest BCUT2D eigenvalue weighted by Gasteiger charge is -2.34. The summed E-state index contributed by atoms with van der Waals surface area (Å²) in [6.07, 6.45) is 8.57. The maximum absolute atomic E-state index is 12.3. The highest BCUT2D eigenvalue weighted by Gasteiger charge is 2.35. The summed E-state index contributed by atoms with van der Waals surface area (Å²) in [6.45, 7) is 2.84. The van der Waals surface area contributed by atoms with E-state index < -0.39 is 5.60 Å². The molecule has 0 bridgehead atoms. The third kappa shape index (κ3) is 6.22. The number of carbonyl (C=O) groups excluding carboxylic acids is 2. The second-order valence-electron chi connectivity index (χ2n) is 8.20. The van der Waals surface area contributed by atoms with Crippen molar-refractivity contribution in [2.24, 2.45) is 0 Å². The van der Waals surface area contributed by atoms with Crippen molar-refractivity contribution in [2.45, 2.75) is 75.7 Å². The van der Waals surface area contributed by atoms with E-state index >= 15 is 0 Å². The van der Waals surface area contributed by atoms with Crippen LogP contribution in [0.2, 0.25) is 0 Å². The van der Waals surface area contributed by atoms with Gasteiger partial charge in [-0.05, 0) is 63.1 Å². The number of esters is 1. The van der Waals surface area contributed by atoms with Crippen LogP contribution in [0.5, 0.6) is 0 Å². The summed E-state index contributed by atoms with van der Waals surface area (Å²) in [6, 6.07) is 7.62. The molecule has 5 nitrogen and oxygen atoms in total. The molecule has 160 valence electrons. The van der Waals surface area contributed by atoms with Crippen LogP contribution >= 0.6 is 11.8 Å². The Hall–Kier alpha value is -1.53. The summed E-state index contributed by atoms with van der Waals surface area (Å²) in [4.78, 5) is 26.2. The summed E-state index contributed by atoms with van der Waals surface area (Å²) >= 11 is 1.71. The van der Waals surface area contributed by atoms with Crippen LogP contribution in [0.25, 0.3) is 0 Å². The first-order valence-electron chi connectivity index (χ1n) is 10.9. The highest BCUT2D eigenvalue weighted by atomic mass is 32.2. The first-order valence-corrected chi connectivity index (χ1v) is 12.0. The van der Waals surface area contributed by atoms with Crippen molar-refractivity contribution in [2.75, 3.05) is 18.9 Å². The lowest BCUT2D eigenvalue weighted by atomic mass is 9.82. The minimum atomic E-state index is -0.579. The summed E-state index contributed by atoms with van der Waals surface area (Å²) in [5.41, 5.74) is 1.13. The molecule has 1 aliphatic carbocycles. The van der Waals surface area contributed by atoms with E-state index in [4.69, 9.17) is 4.74 Å². The number of hydrogen-bond acceptors (Lipinski definition) is 5. The second kappa shape index (κ2) is 10.5. The van der Waals surface area contributed by atoms with Gasteiger partial charge < -0.3 is 14.7 Å². The second-order valence-corrected chi connectivity index (χ2v) is 9.37. The number of carbonyl (C=O) groups is 2. The molecule has 1 aliphatic heterocycles. The number of amides is 1. The predicted molar refractivity (Wildman–Crippen MR) is 116 cm³/mol. The van der Waals surface area contributed by atoms with Gasteiger partial charge in [0.15, 0.2) is 0 Å². The van der Waals surface area contributed by atoms with Crippen molar-refractivity contribution in [3.05, 3.63) is 35.4 Å². The van der Waals surface area contributed by atoms with Crippen LogP contribution in [0.1, 0.15) is 74.2 Å². The van der Waals surface area contributed by atoms with E-state index in [0.717, 1.165) is 50.5 Å². The monoisotopic (exact) mass is 419 g/mol. The Bertz CT molecular complexity index is 702. The van der Waals surface area contributed by atoms with E-state index in [1.807, 2.05) is 23.1 Å². The summed E-state index contributed by atoms with van der Waals surface area (Å²) in [5, 5.41) is 11.0. The van der Waals surface area contributed by atoms with Crippen LogP contribution in [0.15, 0.2) is 24.3 Å².